The average molecular weight is 286 g/mol. The molecule has 0 spiro atoms. The van der Waals surface area contributed by atoms with E-state index in [1.54, 1.807) is 0 Å². The van der Waals surface area contributed by atoms with Gasteiger partial charge in [-0.05, 0) is 38.8 Å². The van der Waals surface area contributed by atoms with Crippen LogP contribution in [0.4, 0.5) is 0 Å². The van der Waals surface area contributed by atoms with Crippen molar-refractivity contribution in [3.05, 3.63) is 0 Å². The van der Waals surface area contributed by atoms with E-state index in [0.717, 1.165) is 25.7 Å². The Balaban J connectivity index is 3.83. The topological polar surface area (TPSA) is 138 Å². The molecule has 2 unspecified atom stereocenters. The molecule has 6 heteroatoms. The van der Waals surface area contributed by atoms with Crippen molar-refractivity contribution in [2.75, 3.05) is 13.1 Å². The van der Waals surface area contributed by atoms with Gasteiger partial charge in [0.25, 0.3) is 0 Å². The van der Waals surface area contributed by atoms with E-state index in [9.17, 15) is 9.59 Å². The molecule has 0 aromatic carbocycles. The minimum atomic E-state index is -0.484. The summed E-state index contributed by atoms with van der Waals surface area (Å²) < 4.78 is 0. The second-order valence-electron chi connectivity index (χ2n) is 5.21. The van der Waals surface area contributed by atoms with E-state index in [-0.39, 0.29) is 24.4 Å². The molecule has 118 valence electrons. The van der Waals surface area contributed by atoms with Crippen molar-refractivity contribution in [1.29, 1.82) is 0 Å². The number of unbranched alkanes of at least 4 members (excludes halogenated alkanes) is 2. The Bertz CT molecular complexity index is 256. The number of ketones is 2. The zero-order valence-electron chi connectivity index (χ0n) is 12.4. The highest BCUT2D eigenvalue weighted by atomic mass is 16.1. The summed E-state index contributed by atoms with van der Waals surface area (Å²) in [6.07, 6.45) is 5.06. The first kappa shape index (κ1) is 19.2. The van der Waals surface area contributed by atoms with Crippen LogP contribution in [-0.4, -0.2) is 36.7 Å². The fraction of sp³-hybridized carbons (Fsp3) is 0.857. The van der Waals surface area contributed by atoms with Crippen LogP contribution in [0.2, 0.25) is 0 Å². The standard InChI is InChI=1S/C14H30N4O2/c15-9-3-1-5-11(17)13(19)7-8-14(20)12(18)6-2-4-10-16/h11-12H,1-10,15-18H2. The normalized spacial score (nSPS) is 14.0. The van der Waals surface area contributed by atoms with Crippen LogP contribution in [0.25, 0.3) is 0 Å². The fourth-order valence-electron chi connectivity index (χ4n) is 1.96. The molecule has 8 N–H and O–H groups in total. The number of nitrogens with two attached hydrogens (primary N) is 4. The van der Waals surface area contributed by atoms with Gasteiger partial charge in [-0.1, -0.05) is 12.8 Å². The van der Waals surface area contributed by atoms with Crippen LogP contribution in [0.1, 0.15) is 51.4 Å². The smallest absolute Gasteiger partial charge is 0.149 e. The van der Waals surface area contributed by atoms with Crippen molar-refractivity contribution < 1.29 is 9.59 Å². The van der Waals surface area contributed by atoms with Gasteiger partial charge in [-0.25, -0.2) is 0 Å². The monoisotopic (exact) mass is 286 g/mol. The molecule has 2 atom stereocenters. The molecule has 0 heterocycles. The molecular weight excluding hydrogens is 256 g/mol. The van der Waals surface area contributed by atoms with Gasteiger partial charge in [0.1, 0.15) is 11.6 Å². The minimum Gasteiger partial charge on any atom is -0.330 e. The Morgan fingerprint density at radius 2 is 1.05 bits per heavy atom. The quantitative estimate of drug-likeness (QED) is 0.346. The first-order valence-electron chi connectivity index (χ1n) is 7.49. The molecule has 0 saturated heterocycles. The molecule has 0 aromatic rings. The molecule has 0 saturated carbocycles. The van der Waals surface area contributed by atoms with Crippen LogP contribution in [0.5, 0.6) is 0 Å². The highest BCUT2D eigenvalue weighted by Gasteiger charge is 2.17. The zero-order chi connectivity index (χ0) is 15.4. The van der Waals surface area contributed by atoms with Gasteiger partial charge in [-0.2, -0.15) is 0 Å². The summed E-state index contributed by atoms with van der Waals surface area (Å²) in [6, 6.07) is -0.967. The highest BCUT2D eigenvalue weighted by Crippen LogP contribution is 2.07. The van der Waals surface area contributed by atoms with Crippen molar-refractivity contribution in [1.82, 2.24) is 0 Å². The second-order valence-corrected chi connectivity index (χ2v) is 5.21. The lowest BCUT2D eigenvalue weighted by Gasteiger charge is -2.12. The first-order valence-corrected chi connectivity index (χ1v) is 7.49. The fourth-order valence-corrected chi connectivity index (χ4v) is 1.96. The molecule has 0 aliphatic rings. The van der Waals surface area contributed by atoms with Crippen LogP contribution in [0.15, 0.2) is 0 Å². The number of rotatable bonds is 13. The van der Waals surface area contributed by atoms with E-state index < -0.39 is 12.1 Å². The van der Waals surface area contributed by atoms with Gasteiger partial charge in [0, 0.05) is 12.8 Å². The molecule has 0 aliphatic carbocycles. The van der Waals surface area contributed by atoms with E-state index in [1.807, 2.05) is 0 Å². The van der Waals surface area contributed by atoms with Crippen molar-refractivity contribution in [3.63, 3.8) is 0 Å². The average Bonchev–Trinajstić information content (AvgIpc) is 2.44. The van der Waals surface area contributed by atoms with Crippen LogP contribution < -0.4 is 22.9 Å². The molecule has 0 aliphatic heterocycles. The van der Waals surface area contributed by atoms with Crippen LogP contribution >= 0.6 is 0 Å². The summed E-state index contributed by atoms with van der Waals surface area (Å²) >= 11 is 0. The van der Waals surface area contributed by atoms with Gasteiger partial charge in [0.2, 0.25) is 0 Å². The lowest BCUT2D eigenvalue weighted by Crippen LogP contribution is -2.34. The number of hydrogen-bond donors (Lipinski definition) is 4. The van der Waals surface area contributed by atoms with Crippen LogP contribution in [-0.2, 0) is 9.59 Å². The summed E-state index contributed by atoms with van der Waals surface area (Å²) in [5.41, 5.74) is 22.3. The van der Waals surface area contributed by atoms with E-state index in [4.69, 9.17) is 22.9 Å². The Labute approximate surface area is 121 Å². The van der Waals surface area contributed by atoms with E-state index in [2.05, 4.69) is 0 Å². The molecular formula is C14H30N4O2. The zero-order valence-corrected chi connectivity index (χ0v) is 12.4. The third-order valence-electron chi connectivity index (χ3n) is 3.38. The number of carbonyl (C=O) groups excluding carboxylic acids is 2. The number of carbonyl (C=O) groups is 2. The third-order valence-corrected chi connectivity index (χ3v) is 3.38. The molecule has 0 bridgehead atoms. The van der Waals surface area contributed by atoms with Crippen molar-refractivity contribution in [2.24, 2.45) is 22.9 Å². The van der Waals surface area contributed by atoms with Crippen molar-refractivity contribution >= 4 is 11.6 Å². The highest BCUT2D eigenvalue weighted by molar-refractivity contribution is 5.90. The Morgan fingerprint density at radius 1 is 0.700 bits per heavy atom. The largest absolute Gasteiger partial charge is 0.330 e. The maximum absolute atomic E-state index is 11.8. The summed E-state index contributed by atoms with van der Waals surface area (Å²) in [5.74, 6) is -0.131. The molecule has 0 amide bonds. The molecule has 0 radical (unpaired) electrons. The maximum atomic E-state index is 11.8. The number of hydrogen-bond acceptors (Lipinski definition) is 6. The summed E-state index contributed by atoms with van der Waals surface area (Å²) in [6.45, 7) is 1.22. The predicted molar refractivity (Wildman–Crippen MR) is 81.0 cm³/mol. The van der Waals surface area contributed by atoms with E-state index >= 15 is 0 Å². The second kappa shape index (κ2) is 12.0. The first-order chi connectivity index (χ1) is 9.52. The maximum Gasteiger partial charge on any atom is 0.149 e. The van der Waals surface area contributed by atoms with Crippen molar-refractivity contribution in [3.8, 4) is 0 Å². The molecule has 0 aromatic heterocycles. The third kappa shape index (κ3) is 9.14. The number of Topliss-reactive ketones (excluding diaryl/α,β-unsaturated/α-hetero) is 2. The van der Waals surface area contributed by atoms with Gasteiger partial charge < -0.3 is 22.9 Å². The van der Waals surface area contributed by atoms with E-state index in [1.165, 1.54) is 0 Å². The lowest BCUT2D eigenvalue weighted by atomic mass is 9.98. The SMILES string of the molecule is NCCCCC(N)C(=O)CCC(=O)C(N)CCCCN. The van der Waals surface area contributed by atoms with Crippen LogP contribution in [0, 0.1) is 0 Å². The molecule has 20 heavy (non-hydrogen) atoms. The van der Waals surface area contributed by atoms with Crippen molar-refractivity contribution in [2.45, 2.75) is 63.5 Å². The lowest BCUT2D eigenvalue weighted by molar-refractivity contribution is -0.125. The molecule has 6 nitrogen and oxygen atoms in total. The summed E-state index contributed by atoms with van der Waals surface area (Å²) in [4.78, 5) is 23.5. The summed E-state index contributed by atoms with van der Waals surface area (Å²) in [7, 11) is 0. The Morgan fingerprint density at radius 3 is 1.35 bits per heavy atom. The molecule has 0 rings (SSSR count). The van der Waals surface area contributed by atoms with Gasteiger partial charge in [0.05, 0.1) is 12.1 Å². The van der Waals surface area contributed by atoms with E-state index in [0.29, 0.717) is 25.9 Å². The Kier molecular flexibility index (Phi) is 11.5. The molecule has 0 fully saturated rings. The van der Waals surface area contributed by atoms with Gasteiger partial charge in [0.15, 0.2) is 0 Å². The van der Waals surface area contributed by atoms with Gasteiger partial charge in [-0.3, -0.25) is 9.59 Å². The van der Waals surface area contributed by atoms with Gasteiger partial charge >= 0.3 is 0 Å². The Hall–Kier alpha value is -0.820. The minimum absolute atomic E-state index is 0.0653. The summed E-state index contributed by atoms with van der Waals surface area (Å²) in [5, 5.41) is 0. The van der Waals surface area contributed by atoms with Gasteiger partial charge in [-0.15, -0.1) is 0 Å². The predicted octanol–water partition coefficient (Wildman–Crippen LogP) is -0.183. The van der Waals surface area contributed by atoms with Crippen LogP contribution in [0.3, 0.4) is 0 Å².